The maximum absolute atomic E-state index is 11.2. The first-order chi connectivity index (χ1) is 12.9. The van der Waals surface area contributed by atoms with Crippen LogP contribution in [0.1, 0.15) is 78.6 Å². The zero-order chi connectivity index (χ0) is 21.1. The van der Waals surface area contributed by atoms with Gasteiger partial charge in [0, 0.05) is 12.0 Å². The molecule has 0 spiro atoms. The fraction of sp³-hybridized carbons (Fsp3) is 0.955. The van der Waals surface area contributed by atoms with Crippen LogP contribution < -0.4 is 0 Å². The Morgan fingerprint density at radius 3 is 2.18 bits per heavy atom. The van der Waals surface area contributed by atoms with Crippen molar-refractivity contribution in [1.82, 2.24) is 0 Å². The fourth-order valence-electron chi connectivity index (χ4n) is 4.87. The van der Waals surface area contributed by atoms with Crippen molar-refractivity contribution >= 4 is 14.3 Å². The molecule has 2 aliphatic rings. The summed E-state index contributed by atoms with van der Waals surface area (Å²) in [4.78, 5) is 11.2. The van der Waals surface area contributed by atoms with Crippen LogP contribution in [-0.2, 0) is 9.22 Å². The molecule has 0 aliphatic heterocycles. The first kappa shape index (κ1) is 23.8. The summed E-state index contributed by atoms with van der Waals surface area (Å²) in [5.74, 6) is -0.846. The second-order valence-corrected chi connectivity index (χ2v) is 15.4. The summed E-state index contributed by atoms with van der Waals surface area (Å²) in [5, 5.41) is 30.0. The van der Waals surface area contributed by atoms with Gasteiger partial charge in [0.05, 0.1) is 18.6 Å². The minimum absolute atomic E-state index is 0.0694. The zero-order valence-corrected chi connectivity index (χ0v) is 19.5. The van der Waals surface area contributed by atoms with Gasteiger partial charge in [0.25, 0.3) is 0 Å². The topological polar surface area (TPSA) is 87.0 Å². The largest absolute Gasteiger partial charge is 0.481 e. The van der Waals surface area contributed by atoms with Crippen LogP contribution in [0.4, 0.5) is 0 Å². The van der Waals surface area contributed by atoms with Crippen LogP contribution in [0.25, 0.3) is 0 Å². The lowest BCUT2D eigenvalue weighted by molar-refractivity contribution is -0.139. The third kappa shape index (κ3) is 6.03. The number of aliphatic hydroxyl groups is 2. The SMILES string of the molecule is CC(C)(C)[Si](C)(C)OC(CC[C@@H]1[C@@H](CC(=O)O)[C@@H](O)C[C@H]1O)C1CCCCC1. The molecule has 3 N–H and O–H groups in total. The van der Waals surface area contributed by atoms with Crippen molar-refractivity contribution < 1.29 is 24.5 Å². The fourth-order valence-corrected chi connectivity index (χ4v) is 6.29. The molecular weight excluding hydrogens is 372 g/mol. The smallest absolute Gasteiger partial charge is 0.303 e. The van der Waals surface area contributed by atoms with Crippen LogP contribution in [0, 0.1) is 17.8 Å². The van der Waals surface area contributed by atoms with Crippen molar-refractivity contribution in [2.24, 2.45) is 17.8 Å². The van der Waals surface area contributed by atoms with Gasteiger partial charge >= 0.3 is 5.97 Å². The van der Waals surface area contributed by atoms with Crippen molar-refractivity contribution in [1.29, 1.82) is 0 Å². The Bertz CT molecular complexity index is 510. The van der Waals surface area contributed by atoms with Gasteiger partial charge in [-0.3, -0.25) is 4.79 Å². The number of aliphatic hydroxyl groups excluding tert-OH is 2. The minimum Gasteiger partial charge on any atom is -0.481 e. The molecule has 0 aromatic heterocycles. The highest BCUT2D eigenvalue weighted by molar-refractivity contribution is 6.74. The van der Waals surface area contributed by atoms with Crippen LogP contribution in [0.2, 0.25) is 18.1 Å². The molecule has 0 saturated heterocycles. The van der Waals surface area contributed by atoms with Crippen LogP contribution in [0.3, 0.4) is 0 Å². The number of carbonyl (C=O) groups is 1. The Morgan fingerprint density at radius 2 is 1.64 bits per heavy atom. The van der Waals surface area contributed by atoms with E-state index in [-0.39, 0.29) is 29.4 Å². The molecule has 0 aromatic rings. The van der Waals surface area contributed by atoms with Gasteiger partial charge in [-0.15, -0.1) is 0 Å². The lowest BCUT2D eigenvalue weighted by Gasteiger charge is -2.43. The molecule has 0 amide bonds. The number of carboxylic acid groups (broad SMARTS) is 1. The Morgan fingerprint density at radius 1 is 1.07 bits per heavy atom. The number of hydrogen-bond donors (Lipinski definition) is 3. The summed E-state index contributed by atoms with van der Waals surface area (Å²) >= 11 is 0. The van der Waals surface area contributed by atoms with Gasteiger partial charge in [-0.2, -0.15) is 0 Å². The zero-order valence-electron chi connectivity index (χ0n) is 18.5. The third-order valence-electron chi connectivity index (χ3n) is 7.64. The number of carboxylic acids is 1. The molecule has 2 rings (SSSR count). The van der Waals surface area contributed by atoms with Crippen LogP contribution in [0.15, 0.2) is 0 Å². The summed E-state index contributed by atoms with van der Waals surface area (Å²) in [6.45, 7) is 11.4. The van der Waals surface area contributed by atoms with Gasteiger partial charge in [0.2, 0.25) is 0 Å². The van der Waals surface area contributed by atoms with Gasteiger partial charge in [-0.25, -0.2) is 0 Å². The predicted octanol–water partition coefficient (Wildman–Crippen LogP) is 4.57. The molecule has 2 aliphatic carbocycles. The highest BCUT2D eigenvalue weighted by Gasteiger charge is 2.44. The minimum atomic E-state index is -1.91. The van der Waals surface area contributed by atoms with Crippen molar-refractivity contribution in [3.05, 3.63) is 0 Å². The molecule has 0 radical (unpaired) electrons. The molecule has 164 valence electrons. The van der Waals surface area contributed by atoms with Crippen molar-refractivity contribution in [3.63, 3.8) is 0 Å². The molecule has 0 aromatic carbocycles. The standard InChI is InChI=1S/C22H42O5Si/c1-22(2,3)28(4,5)27-20(15-9-7-6-8-10-15)12-11-16-17(13-21(25)26)19(24)14-18(16)23/h15-20,23-24H,6-14H2,1-5H3,(H,25,26)/t16-,17-,18-,19+,20?/m1/s1. The van der Waals surface area contributed by atoms with Gasteiger partial charge in [0.1, 0.15) is 0 Å². The van der Waals surface area contributed by atoms with Gasteiger partial charge in [0.15, 0.2) is 8.32 Å². The van der Waals surface area contributed by atoms with E-state index < -0.39 is 26.5 Å². The summed E-state index contributed by atoms with van der Waals surface area (Å²) in [6, 6.07) is 0. The average molecular weight is 415 g/mol. The molecule has 0 bridgehead atoms. The van der Waals surface area contributed by atoms with E-state index in [1.165, 1.54) is 32.1 Å². The monoisotopic (exact) mass is 414 g/mol. The molecular formula is C22H42O5Si. The first-order valence-electron chi connectivity index (χ1n) is 11.2. The maximum Gasteiger partial charge on any atom is 0.303 e. The molecule has 2 saturated carbocycles. The second-order valence-electron chi connectivity index (χ2n) is 10.7. The Balaban J connectivity index is 2.09. The molecule has 5 atom stereocenters. The van der Waals surface area contributed by atoms with E-state index in [4.69, 9.17) is 4.43 Å². The highest BCUT2D eigenvalue weighted by Crippen LogP contribution is 2.43. The van der Waals surface area contributed by atoms with E-state index in [1.54, 1.807) is 0 Å². The van der Waals surface area contributed by atoms with Crippen LogP contribution >= 0.6 is 0 Å². The summed E-state index contributed by atoms with van der Waals surface area (Å²) in [7, 11) is -1.91. The predicted molar refractivity (Wildman–Crippen MR) is 114 cm³/mol. The highest BCUT2D eigenvalue weighted by atomic mass is 28.4. The molecule has 6 heteroatoms. The summed E-state index contributed by atoms with van der Waals surface area (Å²) in [5.41, 5.74) is 0. The Hall–Kier alpha value is -0.433. The van der Waals surface area contributed by atoms with Gasteiger partial charge in [-0.1, -0.05) is 40.0 Å². The molecule has 1 unspecified atom stereocenters. The Labute approximate surface area is 172 Å². The molecule has 28 heavy (non-hydrogen) atoms. The van der Waals surface area contributed by atoms with E-state index in [2.05, 4.69) is 33.9 Å². The molecule has 0 heterocycles. The number of rotatable bonds is 8. The summed E-state index contributed by atoms with van der Waals surface area (Å²) in [6.07, 6.45) is 6.87. The number of hydrogen-bond acceptors (Lipinski definition) is 4. The quantitative estimate of drug-likeness (QED) is 0.506. The van der Waals surface area contributed by atoms with E-state index in [9.17, 15) is 20.1 Å². The van der Waals surface area contributed by atoms with E-state index in [1.807, 2.05) is 0 Å². The maximum atomic E-state index is 11.2. The van der Waals surface area contributed by atoms with E-state index in [0.29, 0.717) is 12.3 Å². The van der Waals surface area contributed by atoms with Crippen molar-refractivity contribution in [2.75, 3.05) is 0 Å². The van der Waals surface area contributed by atoms with Gasteiger partial charge in [-0.05, 0) is 62.1 Å². The Kier molecular flexibility index (Phi) is 8.16. The van der Waals surface area contributed by atoms with Crippen LogP contribution in [0.5, 0.6) is 0 Å². The van der Waals surface area contributed by atoms with Gasteiger partial charge < -0.3 is 19.7 Å². The van der Waals surface area contributed by atoms with E-state index >= 15 is 0 Å². The second kappa shape index (κ2) is 9.58. The third-order valence-corrected chi connectivity index (χ3v) is 12.1. The summed E-state index contributed by atoms with van der Waals surface area (Å²) < 4.78 is 6.86. The number of aliphatic carboxylic acids is 1. The molecule has 5 nitrogen and oxygen atoms in total. The lowest BCUT2D eigenvalue weighted by atomic mass is 9.80. The van der Waals surface area contributed by atoms with Crippen molar-refractivity contribution in [2.45, 2.75) is 115 Å². The first-order valence-corrected chi connectivity index (χ1v) is 14.1. The average Bonchev–Trinajstić information content (AvgIpc) is 2.84. The lowest BCUT2D eigenvalue weighted by Crippen LogP contribution is -2.46. The van der Waals surface area contributed by atoms with E-state index in [0.717, 1.165) is 12.8 Å². The van der Waals surface area contributed by atoms with Crippen LogP contribution in [-0.4, -0.2) is 47.9 Å². The normalized spacial score (nSPS) is 31.1. The molecule has 2 fully saturated rings. The van der Waals surface area contributed by atoms with Crippen molar-refractivity contribution in [3.8, 4) is 0 Å².